The van der Waals surface area contributed by atoms with Gasteiger partial charge in [0.2, 0.25) is 0 Å². The van der Waals surface area contributed by atoms with Gasteiger partial charge in [0.1, 0.15) is 0 Å². The van der Waals surface area contributed by atoms with Gasteiger partial charge in [-0.3, -0.25) is 0 Å². The third-order valence-corrected chi connectivity index (χ3v) is 7.59. The van der Waals surface area contributed by atoms with Gasteiger partial charge in [-0.1, -0.05) is 49.5 Å². The molecule has 0 nitrogen and oxygen atoms in total. The van der Waals surface area contributed by atoms with E-state index in [1.807, 2.05) is 0 Å². The zero-order chi connectivity index (χ0) is 10.5. The van der Waals surface area contributed by atoms with E-state index in [2.05, 4.69) is 48.2 Å². The van der Waals surface area contributed by atoms with Gasteiger partial charge in [-0.2, -0.15) is 0 Å². The molecule has 1 heterocycles. The van der Waals surface area contributed by atoms with Crippen molar-refractivity contribution in [3.8, 4) is 0 Å². The van der Waals surface area contributed by atoms with Gasteiger partial charge in [-0.25, -0.2) is 0 Å². The van der Waals surface area contributed by atoms with Gasteiger partial charge in [0.05, 0.1) is 0 Å². The van der Waals surface area contributed by atoms with Crippen LogP contribution >= 0.6 is 7.92 Å². The Balaban J connectivity index is 2.96. The molecule has 0 amide bonds. The van der Waals surface area contributed by atoms with Crippen LogP contribution in [0.1, 0.15) is 54.4 Å². The van der Waals surface area contributed by atoms with Crippen LogP contribution in [-0.4, -0.2) is 17.0 Å². The van der Waals surface area contributed by atoms with Crippen molar-refractivity contribution in [1.29, 1.82) is 0 Å². The molecule has 0 N–H and O–H groups in total. The summed E-state index contributed by atoms with van der Waals surface area (Å²) in [6.45, 7) is 17.2. The molecule has 0 aromatic rings. The largest absolute Gasteiger partial charge is 0.0982 e. The van der Waals surface area contributed by atoms with Gasteiger partial charge in [-0.05, 0) is 35.2 Å². The number of hydrogen-bond donors (Lipinski definition) is 0. The maximum atomic E-state index is 2.49. The summed E-state index contributed by atoms with van der Waals surface area (Å²) in [6.07, 6.45) is 2.79. The van der Waals surface area contributed by atoms with Gasteiger partial charge < -0.3 is 0 Å². The van der Waals surface area contributed by atoms with Crippen molar-refractivity contribution >= 4 is 7.92 Å². The molecule has 0 atom stereocenters. The Kier molecular flexibility index (Phi) is 2.62. The smallest absolute Gasteiger partial charge is 0.0144 e. The van der Waals surface area contributed by atoms with Crippen molar-refractivity contribution in [3.63, 3.8) is 0 Å². The molecule has 0 unspecified atom stereocenters. The van der Waals surface area contributed by atoms with Crippen molar-refractivity contribution in [2.24, 2.45) is 5.41 Å². The van der Waals surface area contributed by atoms with Crippen molar-refractivity contribution in [3.05, 3.63) is 0 Å². The minimum Gasteiger partial charge on any atom is -0.0982 e. The second kappa shape index (κ2) is 2.96. The van der Waals surface area contributed by atoms with Crippen molar-refractivity contribution in [2.75, 3.05) is 6.66 Å². The molecule has 1 aliphatic rings. The summed E-state index contributed by atoms with van der Waals surface area (Å²) in [7, 11) is 0.163. The van der Waals surface area contributed by atoms with Crippen LogP contribution in [0.15, 0.2) is 0 Å². The number of hydrogen-bond acceptors (Lipinski definition) is 0. The van der Waals surface area contributed by atoms with Crippen LogP contribution in [0, 0.1) is 5.41 Å². The lowest BCUT2D eigenvalue weighted by molar-refractivity contribution is 0.230. The Morgan fingerprint density at radius 2 is 1.08 bits per heavy atom. The van der Waals surface area contributed by atoms with Gasteiger partial charge in [0, 0.05) is 0 Å². The average molecular weight is 200 g/mol. The van der Waals surface area contributed by atoms with E-state index in [0.717, 1.165) is 0 Å². The molecule has 0 radical (unpaired) electrons. The van der Waals surface area contributed by atoms with Crippen LogP contribution in [0.25, 0.3) is 0 Å². The maximum absolute atomic E-state index is 2.49. The summed E-state index contributed by atoms with van der Waals surface area (Å²) in [4.78, 5) is 0. The zero-order valence-electron chi connectivity index (χ0n) is 10.4. The molecule has 0 aliphatic carbocycles. The van der Waals surface area contributed by atoms with Crippen LogP contribution in [0.3, 0.4) is 0 Å². The van der Waals surface area contributed by atoms with Crippen molar-refractivity contribution in [2.45, 2.75) is 64.7 Å². The molecule has 0 saturated carbocycles. The van der Waals surface area contributed by atoms with E-state index in [4.69, 9.17) is 0 Å². The fourth-order valence-electron chi connectivity index (χ4n) is 3.46. The first-order valence-electron chi connectivity index (χ1n) is 5.31. The van der Waals surface area contributed by atoms with E-state index in [1.165, 1.54) is 12.8 Å². The van der Waals surface area contributed by atoms with Gasteiger partial charge in [0.15, 0.2) is 0 Å². The van der Waals surface area contributed by atoms with E-state index in [0.29, 0.717) is 15.7 Å². The fraction of sp³-hybridized carbons (Fsp3) is 1.00. The first-order chi connectivity index (χ1) is 5.57. The minimum atomic E-state index is 0.163. The molecular formula is C12H25P. The van der Waals surface area contributed by atoms with Crippen molar-refractivity contribution in [1.82, 2.24) is 0 Å². The predicted molar refractivity (Wildman–Crippen MR) is 64.0 cm³/mol. The van der Waals surface area contributed by atoms with Crippen molar-refractivity contribution < 1.29 is 0 Å². The number of rotatable bonds is 0. The van der Waals surface area contributed by atoms with E-state index >= 15 is 0 Å². The SMILES string of the molecule is CP1C(C)(C)CC(C)(C)CC1(C)C. The van der Waals surface area contributed by atoms with Crippen LogP contribution in [0.5, 0.6) is 0 Å². The van der Waals surface area contributed by atoms with E-state index in [-0.39, 0.29) is 7.92 Å². The lowest BCUT2D eigenvalue weighted by Crippen LogP contribution is -2.42. The molecule has 1 aliphatic heterocycles. The first-order valence-corrected chi connectivity index (χ1v) is 7.10. The summed E-state index contributed by atoms with van der Waals surface area (Å²) in [5.74, 6) is 0. The molecule has 13 heavy (non-hydrogen) atoms. The maximum Gasteiger partial charge on any atom is -0.0144 e. The van der Waals surface area contributed by atoms with Gasteiger partial charge in [-0.15, -0.1) is 0 Å². The molecule has 0 spiro atoms. The molecule has 1 rings (SSSR count). The highest BCUT2D eigenvalue weighted by Gasteiger charge is 2.47. The standard InChI is InChI=1S/C12H25P/c1-10(2)8-11(3,4)13(7)12(5,6)9-10/h8-9H2,1-7H3. The summed E-state index contributed by atoms with van der Waals surface area (Å²) >= 11 is 0. The van der Waals surface area contributed by atoms with Crippen LogP contribution in [0.4, 0.5) is 0 Å². The minimum absolute atomic E-state index is 0.163. The van der Waals surface area contributed by atoms with E-state index in [1.54, 1.807) is 0 Å². The third-order valence-electron chi connectivity index (χ3n) is 3.64. The summed E-state index contributed by atoms with van der Waals surface area (Å²) in [5.41, 5.74) is 0.543. The quantitative estimate of drug-likeness (QED) is 0.506. The summed E-state index contributed by atoms with van der Waals surface area (Å²) in [6, 6.07) is 0. The lowest BCUT2D eigenvalue weighted by Gasteiger charge is -2.54. The monoisotopic (exact) mass is 200 g/mol. The predicted octanol–water partition coefficient (Wildman–Crippen LogP) is 4.48. The highest BCUT2D eigenvalue weighted by molar-refractivity contribution is 7.60. The van der Waals surface area contributed by atoms with E-state index in [9.17, 15) is 0 Å². The Hall–Kier alpha value is 0.430. The topological polar surface area (TPSA) is 0 Å². The second-order valence-corrected chi connectivity index (χ2v) is 10.2. The highest BCUT2D eigenvalue weighted by atomic mass is 31.1. The summed E-state index contributed by atoms with van der Waals surface area (Å²) in [5, 5.41) is 1.14. The Morgan fingerprint density at radius 1 is 0.769 bits per heavy atom. The van der Waals surface area contributed by atoms with Crippen LogP contribution in [0.2, 0.25) is 0 Å². The van der Waals surface area contributed by atoms with Gasteiger partial charge >= 0.3 is 0 Å². The molecule has 0 aromatic heterocycles. The van der Waals surface area contributed by atoms with Gasteiger partial charge in [0.25, 0.3) is 0 Å². The second-order valence-electron chi connectivity index (χ2n) is 6.70. The normalized spacial score (nSPS) is 31.6. The molecule has 78 valence electrons. The molecule has 1 saturated heterocycles. The molecule has 0 bridgehead atoms. The molecular weight excluding hydrogens is 175 g/mol. The molecule has 1 heteroatoms. The Labute approximate surface area is 85.2 Å². The lowest BCUT2D eigenvalue weighted by atomic mass is 9.76. The third kappa shape index (κ3) is 2.27. The fourth-order valence-corrected chi connectivity index (χ4v) is 6.43. The highest BCUT2D eigenvalue weighted by Crippen LogP contribution is 2.67. The molecule has 1 fully saturated rings. The zero-order valence-corrected chi connectivity index (χ0v) is 11.3. The Bertz CT molecular complexity index is 181. The van der Waals surface area contributed by atoms with E-state index < -0.39 is 0 Å². The molecule has 0 aromatic carbocycles. The van der Waals surface area contributed by atoms with Crippen LogP contribution < -0.4 is 0 Å². The van der Waals surface area contributed by atoms with Crippen LogP contribution in [-0.2, 0) is 0 Å². The Morgan fingerprint density at radius 3 is 1.38 bits per heavy atom. The first kappa shape index (κ1) is 11.5. The average Bonchev–Trinajstić information content (AvgIpc) is 1.77. The summed E-state index contributed by atoms with van der Waals surface area (Å²) < 4.78 is 0.